The van der Waals surface area contributed by atoms with Crippen LogP contribution in [0.1, 0.15) is 0 Å². The van der Waals surface area contributed by atoms with Crippen molar-refractivity contribution in [1.82, 2.24) is 0 Å². The summed E-state index contributed by atoms with van der Waals surface area (Å²) in [7, 11) is 0. The fourth-order valence-corrected chi connectivity index (χ4v) is 3.24. The molecule has 0 atom stereocenters. The fourth-order valence-electron chi connectivity index (χ4n) is 2.76. The van der Waals surface area contributed by atoms with Gasteiger partial charge in [-0.05, 0) is 24.3 Å². The van der Waals surface area contributed by atoms with E-state index in [1.165, 1.54) is 0 Å². The molecule has 0 bridgehead atoms. The van der Waals surface area contributed by atoms with Gasteiger partial charge in [0.15, 0.2) is 44.1 Å². The van der Waals surface area contributed by atoms with Crippen LogP contribution in [0.4, 0.5) is 17.1 Å². The van der Waals surface area contributed by atoms with E-state index in [0.717, 1.165) is 37.4 Å². The van der Waals surface area contributed by atoms with Crippen molar-refractivity contribution in [2.75, 3.05) is 4.90 Å². The molecule has 0 saturated heterocycles. The van der Waals surface area contributed by atoms with Gasteiger partial charge < -0.3 is 14.7 Å². The zero-order valence-electron chi connectivity index (χ0n) is 12.2. The summed E-state index contributed by atoms with van der Waals surface area (Å²) in [5, 5.41) is 10.2. The molecule has 3 aromatic rings. The van der Waals surface area contributed by atoms with E-state index in [1.807, 2.05) is 54.6 Å². The first-order valence-electron chi connectivity index (χ1n) is 7.19. The number of phenols is 1. The maximum Gasteiger partial charge on any atom is 0.179 e. The maximum atomic E-state index is 10.2. The van der Waals surface area contributed by atoms with Gasteiger partial charge in [0.05, 0.1) is 11.4 Å². The predicted molar refractivity (Wildman–Crippen MR) is 93.6 cm³/mol. The van der Waals surface area contributed by atoms with Crippen molar-refractivity contribution in [2.45, 2.75) is 0 Å². The van der Waals surface area contributed by atoms with Crippen molar-refractivity contribution >= 4 is 58.5 Å². The minimum atomic E-state index is 0.249. The van der Waals surface area contributed by atoms with Crippen LogP contribution < -0.4 is 18.5 Å². The Bertz CT molecular complexity index is 843. The van der Waals surface area contributed by atoms with E-state index in [4.69, 9.17) is 4.74 Å². The van der Waals surface area contributed by atoms with E-state index >= 15 is 0 Å². The molecule has 1 N–H and O–H groups in total. The van der Waals surface area contributed by atoms with Crippen molar-refractivity contribution in [2.24, 2.45) is 0 Å². The molecule has 0 fully saturated rings. The zero-order valence-corrected chi connectivity index (χ0v) is 14.5. The van der Waals surface area contributed by atoms with Crippen molar-refractivity contribution in [3.8, 4) is 17.2 Å². The Morgan fingerprint density at radius 2 is 1.39 bits per heavy atom. The topological polar surface area (TPSA) is 32.7 Å². The lowest BCUT2D eigenvalue weighted by atomic mass is 10.1. The highest BCUT2D eigenvalue weighted by molar-refractivity contribution is 6.50. The van der Waals surface area contributed by atoms with E-state index < -0.39 is 0 Å². The molecule has 0 amide bonds. The molecule has 0 unspecified atom stereocenters. The number of anilines is 3. The summed E-state index contributed by atoms with van der Waals surface area (Å²) >= 11 is 5.23. The van der Waals surface area contributed by atoms with Gasteiger partial charge in [-0.2, -0.15) is 0 Å². The van der Waals surface area contributed by atoms with Gasteiger partial charge in [0.2, 0.25) is 0 Å². The second-order valence-electron chi connectivity index (χ2n) is 5.34. The Hall–Kier alpha value is -1.88. The molecule has 0 spiro atoms. The van der Waals surface area contributed by atoms with Gasteiger partial charge in [-0.15, -0.1) is 8.85 Å². The number of fused-ring (bicyclic) bond motifs is 2. The summed E-state index contributed by atoms with van der Waals surface area (Å²) in [6, 6.07) is 19.6. The molecule has 106 valence electrons. The molecule has 23 heavy (non-hydrogen) atoms. The number of ether oxygens (including phenoxy) is 1. The molecule has 0 aliphatic carbocycles. The van der Waals surface area contributed by atoms with E-state index in [0.29, 0.717) is 0 Å². The van der Waals surface area contributed by atoms with Crippen molar-refractivity contribution in [3.05, 3.63) is 60.7 Å². The summed E-state index contributed by atoms with van der Waals surface area (Å²) in [6.07, 6.45) is 0. The molecule has 4 radical (unpaired) electrons. The Balaban J connectivity index is 1.98. The molecule has 3 aromatic carbocycles. The highest BCUT2D eigenvalue weighted by atomic mass is 27.1. The lowest BCUT2D eigenvalue weighted by Gasteiger charge is -2.33. The third-order valence-electron chi connectivity index (χ3n) is 3.87. The third kappa shape index (κ3) is 2.43. The molecule has 1 aliphatic heterocycles. The average molecular weight is 327 g/mol. The molecule has 1 heterocycles. The molecule has 4 rings (SSSR count). The van der Waals surface area contributed by atoms with Crippen LogP contribution in [-0.4, -0.2) is 37.7 Å². The smallest absolute Gasteiger partial charge is 0.179 e. The minimum Gasteiger partial charge on any atom is -0.509 e. The van der Waals surface area contributed by atoms with E-state index in [1.54, 1.807) is 6.07 Å². The van der Waals surface area contributed by atoms with Gasteiger partial charge in [0, 0.05) is 11.8 Å². The summed E-state index contributed by atoms with van der Waals surface area (Å²) < 4.78 is 7.72. The number of hydrogen-bond acceptors (Lipinski definition) is 3. The van der Waals surface area contributed by atoms with Crippen LogP contribution in [0.15, 0.2) is 60.7 Å². The van der Waals surface area contributed by atoms with Crippen LogP contribution in [0.5, 0.6) is 17.2 Å². The summed E-state index contributed by atoms with van der Waals surface area (Å²) in [5.41, 5.74) is 2.79. The van der Waals surface area contributed by atoms with E-state index in [2.05, 4.69) is 37.5 Å². The van der Waals surface area contributed by atoms with E-state index in [-0.39, 0.29) is 5.75 Å². The number of para-hydroxylation sites is 4. The quantitative estimate of drug-likeness (QED) is 0.546. The van der Waals surface area contributed by atoms with Gasteiger partial charge in [0.25, 0.3) is 0 Å². The minimum absolute atomic E-state index is 0.249. The van der Waals surface area contributed by atoms with Crippen LogP contribution in [0.2, 0.25) is 0 Å². The van der Waals surface area contributed by atoms with Gasteiger partial charge in [-0.3, -0.25) is 0 Å². The summed E-state index contributed by atoms with van der Waals surface area (Å²) in [5.74, 6) is 1.84. The maximum absolute atomic E-state index is 10.2. The molecule has 0 saturated carbocycles. The van der Waals surface area contributed by atoms with Crippen LogP contribution in [0.3, 0.4) is 0 Å². The van der Waals surface area contributed by atoms with Crippen molar-refractivity contribution in [1.29, 1.82) is 0 Å². The average Bonchev–Trinajstić information content (AvgIpc) is 2.57. The van der Waals surface area contributed by atoms with E-state index in [9.17, 15) is 5.11 Å². The second kappa shape index (κ2) is 5.64. The summed E-state index contributed by atoms with van der Waals surface area (Å²) in [4.78, 5) is 2.10. The molecule has 3 nitrogen and oxygen atoms in total. The van der Waals surface area contributed by atoms with Gasteiger partial charge in [0.1, 0.15) is 5.75 Å². The number of rotatable bonds is 1. The Morgan fingerprint density at radius 1 is 0.826 bits per heavy atom. The molecule has 5 heteroatoms. The van der Waals surface area contributed by atoms with Gasteiger partial charge in [-0.1, -0.05) is 30.3 Å². The lowest BCUT2D eigenvalue weighted by molar-refractivity contribution is 0.475. The largest absolute Gasteiger partial charge is 0.509 e. The summed E-state index contributed by atoms with van der Waals surface area (Å²) in [6.45, 7) is 0. The zero-order chi connectivity index (χ0) is 16.0. The molecular formula is C18H11Al2NO2. The molecule has 0 aromatic heterocycles. The number of aromatic hydroxyl groups is 1. The van der Waals surface area contributed by atoms with Gasteiger partial charge >= 0.3 is 0 Å². The molecular weight excluding hydrogens is 316 g/mol. The standard InChI is InChI=1S/C18H11NO2.2Al/c20-14-7-5-6-13(12-14)19-15-8-1-3-10-17(15)21-18-11-4-2-9-16(18)19;;/h1-4,6,8-12,20H;;. The highest BCUT2D eigenvalue weighted by Gasteiger charge is 2.25. The Kier molecular flexibility index (Phi) is 3.61. The lowest BCUT2D eigenvalue weighted by Crippen LogP contribution is -2.27. The Labute approximate surface area is 151 Å². The van der Waals surface area contributed by atoms with Crippen LogP contribution in [-0.2, 0) is 0 Å². The van der Waals surface area contributed by atoms with Crippen LogP contribution >= 0.6 is 0 Å². The Morgan fingerprint density at radius 3 is 1.96 bits per heavy atom. The normalized spacial score (nSPS) is 12.3. The predicted octanol–water partition coefficient (Wildman–Crippen LogP) is 2.56. The van der Waals surface area contributed by atoms with Crippen molar-refractivity contribution < 1.29 is 9.84 Å². The fraction of sp³-hybridized carbons (Fsp3) is 0. The highest BCUT2D eigenvalue weighted by Crippen LogP contribution is 2.49. The number of benzene rings is 3. The number of nitrogens with zero attached hydrogens (tertiary/aromatic N) is 1. The second-order valence-corrected chi connectivity index (χ2v) is 6.54. The first-order valence-corrected chi connectivity index (χ1v) is 8.34. The monoisotopic (exact) mass is 327 g/mol. The van der Waals surface area contributed by atoms with Crippen molar-refractivity contribution in [3.63, 3.8) is 0 Å². The van der Waals surface area contributed by atoms with Crippen LogP contribution in [0.25, 0.3) is 0 Å². The first kappa shape index (κ1) is 14.7. The number of hydrogen-bond donors (Lipinski definition) is 1. The van der Waals surface area contributed by atoms with Crippen LogP contribution in [0, 0.1) is 0 Å². The SMILES string of the molecule is Oc1cc(N2c3ccccc3Oc3ccccc32)c[c]([Al])[c]1[Al]. The third-order valence-corrected chi connectivity index (χ3v) is 5.31. The first-order chi connectivity index (χ1) is 11.1. The number of phenolic OH excluding ortho intramolecular Hbond substituents is 1. The van der Waals surface area contributed by atoms with Gasteiger partial charge in [-0.25, -0.2) is 0 Å². The molecule has 1 aliphatic rings.